The van der Waals surface area contributed by atoms with E-state index < -0.39 is 17.5 Å². The number of alkyl halides is 3. The number of nitrogens with one attached hydrogen (secondary N) is 1. The van der Waals surface area contributed by atoms with E-state index in [1.165, 1.54) is 18.2 Å². The maximum atomic E-state index is 12.4. The molecule has 1 aromatic rings. The molecular formula is C13H14F3NO2. The zero-order valence-corrected chi connectivity index (χ0v) is 10.4. The Hall–Kier alpha value is -1.56. The third-order valence-corrected chi connectivity index (χ3v) is 3.27. The van der Waals surface area contributed by atoms with Gasteiger partial charge in [0.15, 0.2) is 5.78 Å². The predicted octanol–water partition coefficient (Wildman–Crippen LogP) is 2.77. The zero-order valence-electron chi connectivity index (χ0n) is 10.4. The number of carbonyl (C=O) groups excluding carboxylic acids is 1. The lowest BCUT2D eigenvalue weighted by molar-refractivity contribution is -0.274. The van der Waals surface area contributed by atoms with E-state index in [0.717, 1.165) is 6.07 Å². The molecule has 1 saturated heterocycles. The van der Waals surface area contributed by atoms with Crippen LogP contribution >= 0.6 is 0 Å². The smallest absolute Gasteiger partial charge is 0.405 e. The largest absolute Gasteiger partial charge is 0.573 e. The van der Waals surface area contributed by atoms with Crippen molar-refractivity contribution >= 4 is 5.78 Å². The van der Waals surface area contributed by atoms with Crippen LogP contribution < -0.4 is 10.1 Å². The van der Waals surface area contributed by atoms with Gasteiger partial charge in [-0.1, -0.05) is 19.1 Å². The highest BCUT2D eigenvalue weighted by molar-refractivity contribution is 6.02. The Bertz CT molecular complexity index is 479. The molecule has 0 radical (unpaired) electrons. The number of para-hydroxylation sites is 1. The van der Waals surface area contributed by atoms with Crippen LogP contribution in [0.1, 0.15) is 23.7 Å². The molecule has 1 atom stereocenters. The van der Waals surface area contributed by atoms with E-state index >= 15 is 0 Å². The molecule has 2 rings (SSSR count). The average Bonchev–Trinajstić information content (AvgIpc) is 2.75. The second-order valence-electron chi connectivity index (χ2n) is 4.86. The van der Waals surface area contributed by atoms with Crippen molar-refractivity contribution in [3.63, 3.8) is 0 Å². The van der Waals surface area contributed by atoms with Crippen molar-refractivity contribution in [3.05, 3.63) is 29.8 Å². The highest BCUT2D eigenvalue weighted by atomic mass is 19.4. The molecule has 0 aliphatic carbocycles. The molecule has 104 valence electrons. The molecule has 1 heterocycles. The summed E-state index contributed by atoms with van der Waals surface area (Å²) in [5.74, 6) is -0.759. The fourth-order valence-electron chi connectivity index (χ4n) is 2.20. The van der Waals surface area contributed by atoms with Crippen molar-refractivity contribution < 1.29 is 22.7 Å². The van der Waals surface area contributed by atoms with Crippen molar-refractivity contribution in [1.29, 1.82) is 0 Å². The van der Waals surface area contributed by atoms with Gasteiger partial charge in [0, 0.05) is 12.0 Å². The summed E-state index contributed by atoms with van der Waals surface area (Å²) in [5, 5.41) is 3.05. The first-order valence-corrected chi connectivity index (χ1v) is 5.92. The Morgan fingerprint density at radius 3 is 2.63 bits per heavy atom. The number of Topliss-reactive ketones (excluding diaryl/α,β-unsaturated/α-hetero) is 1. The van der Waals surface area contributed by atoms with Crippen LogP contribution in [-0.2, 0) is 0 Å². The molecular weight excluding hydrogens is 259 g/mol. The summed E-state index contributed by atoms with van der Waals surface area (Å²) >= 11 is 0. The lowest BCUT2D eigenvalue weighted by atomic mass is 9.81. The maximum absolute atomic E-state index is 12.4. The molecule has 1 fully saturated rings. The number of carbonyl (C=O) groups is 1. The predicted molar refractivity (Wildman–Crippen MR) is 63.0 cm³/mol. The minimum absolute atomic E-state index is 0.0222. The summed E-state index contributed by atoms with van der Waals surface area (Å²) in [6, 6.07) is 5.47. The van der Waals surface area contributed by atoms with E-state index in [-0.39, 0.29) is 11.3 Å². The second-order valence-corrected chi connectivity index (χ2v) is 4.86. The summed E-state index contributed by atoms with van der Waals surface area (Å²) in [6.45, 7) is 2.90. The molecule has 0 aromatic heterocycles. The van der Waals surface area contributed by atoms with Gasteiger partial charge in [-0.3, -0.25) is 4.79 Å². The van der Waals surface area contributed by atoms with Gasteiger partial charge in [-0.15, -0.1) is 13.2 Å². The number of hydrogen-bond acceptors (Lipinski definition) is 3. The van der Waals surface area contributed by atoms with Crippen molar-refractivity contribution in [2.75, 3.05) is 13.1 Å². The van der Waals surface area contributed by atoms with Gasteiger partial charge in [0.25, 0.3) is 0 Å². The van der Waals surface area contributed by atoms with Crippen molar-refractivity contribution in [3.8, 4) is 5.75 Å². The van der Waals surface area contributed by atoms with Crippen molar-refractivity contribution in [2.45, 2.75) is 19.7 Å². The molecule has 1 aromatic carbocycles. The zero-order chi connectivity index (χ0) is 14.1. The lowest BCUT2D eigenvalue weighted by Gasteiger charge is -2.22. The standard InChI is InChI=1S/C13H14F3NO2/c1-12(6-7-17-8-12)11(18)9-4-2-3-5-10(9)19-13(14,15)16/h2-5,17H,6-8H2,1H3. The van der Waals surface area contributed by atoms with Crippen LogP contribution in [-0.4, -0.2) is 25.2 Å². The van der Waals surface area contributed by atoms with E-state index in [4.69, 9.17) is 0 Å². The average molecular weight is 273 g/mol. The monoisotopic (exact) mass is 273 g/mol. The fourth-order valence-corrected chi connectivity index (χ4v) is 2.20. The minimum atomic E-state index is -4.80. The number of ketones is 1. The molecule has 1 unspecified atom stereocenters. The van der Waals surface area contributed by atoms with E-state index in [9.17, 15) is 18.0 Å². The summed E-state index contributed by atoms with van der Waals surface area (Å²) in [4.78, 5) is 12.4. The van der Waals surface area contributed by atoms with Gasteiger partial charge in [0.1, 0.15) is 5.75 Å². The fraction of sp³-hybridized carbons (Fsp3) is 0.462. The summed E-state index contributed by atoms with van der Waals surface area (Å²) in [5.41, 5.74) is -0.698. The SMILES string of the molecule is CC1(C(=O)c2ccccc2OC(F)(F)F)CCNC1. The van der Waals surface area contributed by atoms with Crippen LogP contribution in [0.25, 0.3) is 0 Å². The Balaban J connectivity index is 2.32. The first kappa shape index (κ1) is 13.9. The van der Waals surface area contributed by atoms with Gasteiger partial charge in [-0.05, 0) is 25.1 Å². The van der Waals surface area contributed by atoms with E-state index in [2.05, 4.69) is 10.1 Å². The number of halogens is 3. The van der Waals surface area contributed by atoms with Gasteiger partial charge >= 0.3 is 6.36 Å². The third kappa shape index (κ3) is 3.07. The minimum Gasteiger partial charge on any atom is -0.405 e. The maximum Gasteiger partial charge on any atom is 0.573 e. The Morgan fingerprint density at radius 2 is 2.05 bits per heavy atom. The molecule has 3 nitrogen and oxygen atoms in total. The first-order chi connectivity index (χ1) is 8.82. The summed E-state index contributed by atoms with van der Waals surface area (Å²) in [7, 11) is 0. The lowest BCUT2D eigenvalue weighted by Crippen LogP contribution is -2.31. The molecule has 0 spiro atoms. The third-order valence-electron chi connectivity index (χ3n) is 3.27. The molecule has 0 saturated carbocycles. The van der Waals surface area contributed by atoms with E-state index in [1.807, 2.05) is 0 Å². The van der Waals surface area contributed by atoms with Crippen molar-refractivity contribution in [2.24, 2.45) is 5.41 Å². The van der Waals surface area contributed by atoms with E-state index in [0.29, 0.717) is 19.5 Å². The quantitative estimate of drug-likeness (QED) is 0.861. The Kier molecular flexibility index (Phi) is 3.54. The number of hydrogen-bond donors (Lipinski definition) is 1. The molecule has 1 N–H and O–H groups in total. The Morgan fingerprint density at radius 1 is 1.37 bits per heavy atom. The van der Waals surface area contributed by atoms with Gasteiger partial charge in [-0.25, -0.2) is 0 Å². The molecule has 1 aliphatic heterocycles. The highest BCUT2D eigenvalue weighted by Gasteiger charge is 2.39. The summed E-state index contributed by atoms with van der Waals surface area (Å²) in [6.07, 6.45) is -4.20. The van der Waals surface area contributed by atoms with Crippen LogP contribution in [0.3, 0.4) is 0 Å². The normalized spacial score (nSPS) is 23.4. The van der Waals surface area contributed by atoms with Crippen LogP contribution in [0.4, 0.5) is 13.2 Å². The van der Waals surface area contributed by atoms with Gasteiger partial charge in [-0.2, -0.15) is 0 Å². The molecule has 19 heavy (non-hydrogen) atoms. The molecule has 0 bridgehead atoms. The highest BCUT2D eigenvalue weighted by Crippen LogP contribution is 2.34. The summed E-state index contributed by atoms with van der Waals surface area (Å²) < 4.78 is 40.9. The van der Waals surface area contributed by atoms with Crippen molar-refractivity contribution in [1.82, 2.24) is 5.32 Å². The number of ether oxygens (including phenoxy) is 1. The molecule has 6 heteroatoms. The Labute approximate surface area is 108 Å². The van der Waals surface area contributed by atoms with Gasteiger partial charge < -0.3 is 10.1 Å². The molecule has 0 amide bonds. The number of rotatable bonds is 3. The second kappa shape index (κ2) is 4.85. The molecule has 1 aliphatic rings. The van der Waals surface area contributed by atoms with Crippen LogP contribution in [0.5, 0.6) is 5.75 Å². The van der Waals surface area contributed by atoms with Gasteiger partial charge in [0.2, 0.25) is 0 Å². The number of benzene rings is 1. The van der Waals surface area contributed by atoms with Crippen LogP contribution in [0.2, 0.25) is 0 Å². The van der Waals surface area contributed by atoms with Gasteiger partial charge in [0.05, 0.1) is 5.56 Å². The first-order valence-electron chi connectivity index (χ1n) is 5.92. The van der Waals surface area contributed by atoms with Crippen LogP contribution in [0, 0.1) is 5.41 Å². The van der Waals surface area contributed by atoms with E-state index in [1.54, 1.807) is 6.92 Å². The topological polar surface area (TPSA) is 38.3 Å². The van der Waals surface area contributed by atoms with Crippen LogP contribution in [0.15, 0.2) is 24.3 Å².